The molecule has 1 atom stereocenters. The molecule has 0 aliphatic carbocycles. The van der Waals surface area contributed by atoms with Crippen molar-refractivity contribution in [2.24, 2.45) is 0 Å². The summed E-state index contributed by atoms with van der Waals surface area (Å²) >= 11 is 0. The quantitative estimate of drug-likeness (QED) is 0.803. The van der Waals surface area contributed by atoms with Crippen LogP contribution in [0, 0.1) is 0 Å². The molecule has 1 amide bonds. The van der Waals surface area contributed by atoms with Crippen LogP contribution in [0.2, 0.25) is 0 Å². The van der Waals surface area contributed by atoms with E-state index in [1.165, 1.54) is 6.20 Å². The SMILES string of the molecule is O=C(CN1CCN(Cc2ccnc(C(F)(F)F)c2)CC1)NCC1CCCO1. The lowest BCUT2D eigenvalue weighted by molar-refractivity contribution is -0.141. The molecule has 150 valence electrons. The van der Waals surface area contributed by atoms with Gasteiger partial charge < -0.3 is 10.1 Å². The molecular formula is C18H25F3N4O2. The van der Waals surface area contributed by atoms with Crippen molar-refractivity contribution in [1.82, 2.24) is 20.1 Å². The first-order chi connectivity index (χ1) is 12.9. The highest BCUT2D eigenvalue weighted by Gasteiger charge is 2.32. The van der Waals surface area contributed by atoms with Crippen molar-refractivity contribution < 1.29 is 22.7 Å². The third kappa shape index (κ3) is 6.15. The highest BCUT2D eigenvalue weighted by atomic mass is 19.4. The van der Waals surface area contributed by atoms with E-state index < -0.39 is 11.9 Å². The number of nitrogens with one attached hydrogen (secondary N) is 1. The molecule has 27 heavy (non-hydrogen) atoms. The molecule has 6 nitrogen and oxygen atoms in total. The number of alkyl halides is 3. The minimum absolute atomic E-state index is 0.0112. The van der Waals surface area contributed by atoms with Gasteiger partial charge in [0.05, 0.1) is 12.6 Å². The van der Waals surface area contributed by atoms with Crippen LogP contribution in [0.1, 0.15) is 24.1 Å². The molecule has 1 aromatic heterocycles. The van der Waals surface area contributed by atoms with Crippen molar-refractivity contribution >= 4 is 5.91 Å². The summed E-state index contributed by atoms with van der Waals surface area (Å²) in [7, 11) is 0. The van der Waals surface area contributed by atoms with Crippen LogP contribution >= 0.6 is 0 Å². The van der Waals surface area contributed by atoms with Crippen LogP contribution in [-0.4, -0.2) is 72.7 Å². The predicted octanol–water partition coefficient (Wildman–Crippen LogP) is 1.51. The van der Waals surface area contributed by atoms with Gasteiger partial charge in [0.2, 0.25) is 5.91 Å². The fourth-order valence-electron chi connectivity index (χ4n) is 3.38. The first kappa shape index (κ1) is 20.0. The molecule has 1 N–H and O–H groups in total. The lowest BCUT2D eigenvalue weighted by Gasteiger charge is -2.34. The molecule has 2 aliphatic heterocycles. The highest BCUT2D eigenvalue weighted by molar-refractivity contribution is 5.78. The van der Waals surface area contributed by atoms with E-state index in [1.54, 1.807) is 6.07 Å². The Hall–Kier alpha value is -1.71. The topological polar surface area (TPSA) is 57.7 Å². The third-order valence-electron chi connectivity index (χ3n) is 4.90. The van der Waals surface area contributed by atoms with Gasteiger partial charge in [-0.2, -0.15) is 13.2 Å². The maximum atomic E-state index is 12.8. The van der Waals surface area contributed by atoms with E-state index in [4.69, 9.17) is 4.74 Å². The summed E-state index contributed by atoms with van der Waals surface area (Å²) < 4.78 is 43.7. The summed E-state index contributed by atoms with van der Waals surface area (Å²) in [5.74, 6) is -0.0112. The van der Waals surface area contributed by atoms with E-state index >= 15 is 0 Å². The van der Waals surface area contributed by atoms with Crippen LogP contribution in [0.15, 0.2) is 18.3 Å². The zero-order valence-electron chi connectivity index (χ0n) is 15.2. The van der Waals surface area contributed by atoms with Crippen LogP contribution in [-0.2, 0) is 22.3 Å². The number of ether oxygens (including phenoxy) is 1. The number of carbonyl (C=O) groups is 1. The summed E-state index contributed by atoms with van der Waals surface area (Å²) in [5.41, 5.74) is -0.262. The molecule has 2 aliphatic rings. The number of rotatable bonds is 6. The Kier molecular flexibility index (Phi) is 6.67. The number of carbonyl (C=O) groups excluding carboxylic acids is 1. The van der Waals surface area contributed by atoms with E-state index in [2.05, 4.69) is 20.1 Å². The number of nitrogens with zero attached hydrogens (tertiary/aromatic N) is 3. The van der Waals surface area contributed by atoms with E-state index in [9.17, 15) is 18.0 Å². The van der Waals surface area contributed by atoms with Crippen LogP contribution in [0.4, 0.5) is 13.2 Å². The number of hydrogen-bond acceptors (Lipinski definition) is 5. The average Bonchev–Trinajstić information content (AvgIpc) is 3.15. The van der Waals surface area contributed by atoms with E-state index in [0.717, 1.165) is 25.5 Å². The van der Waals surface area contributed by atoms with Gasteiger partial charge in [-0.05, 0) is 30.5 Å². The molecule has 0 aromatic carbocycles. The Morgan fingerprint density at radius 2 is 2.00 bits per heavy atom. The number of aromatic nitrogens is 1. The number of amides is 1. The van der Waals surface area contributed by atoms with Crippen LogP contribution in [0.25, 0.3) is 0 Å². The van der Waals surface area contributed by atoms with Gasteiger partial charge in [0.15, 0.2) is 0 Å². The molecule has 2 fully saturated rings. The van der Waals surface area contributed by atoms with Crippen molar-refractivity contribution in [2.45, 2.75) is 31.7 Å². The van der Waals surface area contributed by atoms with Gasteiger partial charge in [-0.25, -0.2) is 0 Å². The molecule has 2 saturated heterocycles. The van der Waals surface area contributed by atoms with Crippen molar-refractivity contribution in [3.05, 3.63) is 29.6 Å². The van der Waals surface area contributed by atoms with Gasteiger partial charge in [-0.1, -0.05) is 0 Å². The van der Waals surface area contributed by atoms with Gasteiger partial charge in [0.1, 0.15) is 5.69 Å². The van der Waals surface area contributed by atoms with Crippen LogP contribution in [0.3, 0.4) is 0 Å². The lowest BCUT2D eigenvalue weighted by atomic mass is 10.2. The standard InChI is InChI=1S/C18H25F3N4O2/c19-18(20,21)16-10-14(3-4-22-16)12-24-5-7-25(8-6-24)13-17(26)23-11-15-2-1-9-27-15/h3-4,10,15H,1-2,5-9,11-13H2,(H,23,26). The zero-order chi connectivity index (χ0) is 19.3. The van der Waals surface area contributed by atoms with Gasteiger partial charge in [-0.15, -0.1) is 0 Å². The maximum absolute atomic E-state index is 12.8. The minimum Gasteiger partial charge on any atom is -0.376 e. The maximum Gasteiger partial charge on any atom is 0.433 e. The molecule has 9 heteroatoms. The van der Waals surface area contributed by atoms with E-state index in [0.29, 0.717) is 51.4 Å². The second-order valence-electron chi connectivity index (χ2n) is 7.04. The van der Waals surface area contributed by atoms with Crippen molar-refractivity contribution in [3.8, 4) is 0 Å². The highest BCUT2D eigenvalue weighted by Crippen LogP contribution is 2.28. The van der Waals surface area contributed by atoms with E-state index in [-0.39, 0.29) is 12.0 Å². The Balaban J connectivity index is 1.39. The third-order valence-corrected chi connectivity index (χ3v) is 4.90. The number of pyridine rings is 1. The Morgan fingerprint density at radius 3 is 2.67 bits per heavy atom. The first-order valence-corrected chi connectivity index (χ1v) is 9.25. The molecule has 1 aromatic rings. The largest absolute Gasteiger partial charge is 0.433 e. The molecule has 0 spiro atoms. The molecule has 0 bridgehead atoms. The van der Waals surface area contributed by atoms with Gasteiger partial charge in [0.25, 0.3) is 0 Å². The summed E-state index contributed by atoms with van der Waals surface area (Å²) in [4.78, 5) is 19.6. The van der Waals surface area contributed by atoms with Crippen molar-refractivity contribution in [2.75, 3.05) is 45.9 Å². The normalized spacial score (nSPS) is 22.1. The van der Waals surface area contributed by atoms with Crippen molar-refractivity contribution in [1.29, 1.82) is 0 Å². The van der Waals surface area contributed by atoms with Gasteiger partial charge >= 0.3 is 6.18 Å². The average molecular weight is 386 g/mol. The number of hydrogen-bond donors (Lipinski definition) is 1. The number of halogens is 3. The van der Waals surface area contributed by atoms with Crippen LogP contribution in [0.5, 0.6) is 0 Å². The number of piperazine rings is 1. The molecule has 3 rings (SSSR count). The molecule has 3 heterocycles. The van der Waals surface area contributed by atoms with Gasteiger partial charge in [-0.3, -0.25) is 19.6 Å². The summed E-state index contributed by atoms with van der Waals surface area (Å²) in [6, 6.07) is 2.71. The molecule has 1 unspecified atom stereocenters. The second kappa shape index (κ2) is 8.99. The van der Waals surface area contributed by atoms with Crippen LogP contribution < -0.4 is 5.32 Å². The predicted molar refractivity (Wildman–Crippen MR) is 92.9 cm³/mol. The monoisotopic (exact) mass is 386 g/mol. The molecule has 0 radical (unpaired) electrons. The summed E-state index contributed by atoms with van der Waals surface area (Å²) in [6.45, 7) is 4.96. The smallest absolute Gasteiger partial charge is 0.376 e. The fourth-order valence-corrected chi connectivity index (χ4v) is 3.38. The minimum atomic E-state index is -4.42. The second-order valence-corrected chi connectivity index (χ2v) is 7.04. The fraction of sp³-hybridized carbons (Fsp3) is 0.667. The Bertz CT molecular complexity index is 627. The molecular weight excluding hydrogens is 361 g/mol. The van der Waals surface area contributed by atoms with E-state index in [1.807, 2.05) is 0 Å². The van der Waals surface area contributed by atoms with Gasteiger partial charge in [0, 0.05) is 52.1 Å². The Labute approximate surface area is 156 Å². The first-order valence-electron chi connectivity index (χ1n) is 9.25. The summed E-state index contributed by atoms with van der Waals surface area (Å²) in [6.07, 6.45) is -1.06. The summed E-state index contributed by atoms with van der Waals surface area (Å²) in [5, 5.41) is 2.91. The lowest BCUT2D eigenvalue weighted by Crippen LogP contribution is -2.49. The Morgan fingerprint density at radius 1 is 1.26 bits per heavy atom. The van der Waals surface area contributed by atoms with Crippen molar-refractivity contribution in [3.63, 3.8) is 0 Å². The zero-order valence-corrected chi connectivity index (χ0v) is 15.2. The molecule has 0 saturated carbocycles.